The van der Waals surface area contributed by atoms with E-state index in [0.29, 0.717) is 30.2 Å². The molecule has 0 saturated heterocycles. The van der Waals surface area contributed by atoms with E-state index < -0.39 is 5.54 Å². The number of fused-ring (bicyclic) bond motifs is 1. The van der Waals surface area contributed by atoms with E-state index in [9.17, 15) is 9.59 Å². The van der Waals surface area contributed by atoms with Gasteiger partial charge >= 0.3 is 0 Å². The van der Waals surface area contributed by atoms with Gasteiger partial charge in [0, 0.05) is 22.5 Å². The van der Waals surface area contributed by atoms with Gasteiger partial charge in [-0.1, -0.05) is 30.3 Å². The van der Waals surface area contributed by atoms with Gasteiger partial charge in [0.05, 0.1) is 13.2 Å². The van der Waals surface area contributed by atoms with Crippen LogP contribution in [-0.4, -0.2) is 54.0 Å². The Morgan fingerprint density at radius 2 is 1.71 bits per heavy atom. The van der Waals surface area contributed by atoms with Crippen LogP contribution >= 0.6 is 11.3 Å². The Morgan fingerprint density at radius 3 is 2.40 bits per heavy atom. The highest BCUT2D eigenvalue weighted by Crippen LogP contribution is 2.35. The monoisotopic (exact) mass is 492 g/mol. The van der Waals surface area contributed by atoms with E-state index in [4.69, 9.17) is 9.47 Å². The molecular weight excluding hydrogens is 460 g/mol. The second-order valence-corrected chi connectivity index (χ2v) is 10.5. The van der Waals surface area contributed by atoms with E-state index >= 15 is 0 Å². The van der Waals surface area contributed by atoms with Crippen molar-refractivity contribution in [3.8, 4) is 11.5 Å². The zero-order chi connectivity index (χ0) is 25.0. The van der Waals surface area contributed by atoms with E-state index in [0.717, 1.165) is 12.0 Å². The van der Waals surface area contributed by atoms with Crippen LogP contribution in [0.2, 0.25) is 0 Å². The van der Waals surface area contributed by atoms with Crippen molar-refractivity contribution in [2.24, 2.45) is 0 Å². The summed E-state index contributed by atoms with van der Waals surface area (Å²) in [5.74, 6) is 1.05. The number of thiophene rings is 1. The molecule has 0 aliphatic carbocycles. The Morgan fingerprint density at radius 1 is 1.03 bits per heavy atom. The first-order valence-corrected chi connectivity index (χ1v) is 12.7. The lowest BCUT2D eigenvalue weighted by atomic mass is 9.99. The summed E-state index contributed by atoms with van der Waals surface area (Å²) in [6.45, 7) is 6.76. The van der Waals surface area contributed by atoms with Gasteiger partial charge < -0.3 is 19.3 Å². The summed E-state index contributed by atoms with van der Waals surface area (Å²) in [6, 6.07) is 18.5. The van der Waals surface area contributed by atoms with E-state index in [1.165, 1.54) is 4.88 Å². The highest BCUT2D eigenvalue weighted by atomic mass is 32.1. The SMILES string of the molecule is COc1ccccc1OC[C@H]1c2ccsc2CCN1C(=O)CN(C(=O)c1ccccc1)C(C)(C)C. The van der Waals surface area contributed by atoms with Gasteiger partial charge in [0.1, 0.15) is 13.2 Å². The van der Waals surface area contributed by atoms with Crippen LogP contribution < -0.4 is 9.47 Å². The summed E-state index contributed by atoms with van der Waals surface area (Å²) in [7, 11) is 1.61. The third-order valence-corrected chi connectivity index (χ3v) is 7.25. The number of carbonyl (C=O) groups is 2. The summed E-state index contributed by atoms with van der Waals surface area (Å²) in [5, 5.41) is 2.06. The van der Waals surface area contributed by atoms with Gasteiger partial charge in [-0.3, -0.25) is 9.59 Å². The molecule has 1 aromatic heterocycles. The first kappa shape index (κ1) is 24.8. The number of nitrogens with zero attached hydrogens (tertiary/aromatic N) is 2. The molecular formula is C28H32N2O4S. The van der Waals surface area contributed by atoms with Gasteiger partial charge in [-0.2, -0.15) is 0 Å². The molecule has 2 heterocycles. The molecule has 1 aliphatic rings. The molecule has 35 heavy (non-hydrogen) atoms. The lowest BCUT2D eigenvalue weighted by molar-refractivity contribution is -0.136. The fourth-order valence-electron chi connectivity index (χ4n) is 4.36. The normalized spacial score (nSPS) is 15.3. The lowest BCUT2D eigenvalue weighted by Gasteiger charge is -2.40. The molecule has 3 aromatic rings. The van der Waals surface area contributed by atoms with E-state index in [2.05, 4.69) is 11.4 Å². The van der Waals surface area contributed by atoms with Crippen molar-refractivity contribution in [3.05, 3.63) is 82.0 Å². The van der Waals surface area contributed by atoms with Crippen molar-refractivity contribution in [3.63, 3.8) is 0 Å². The molecule has 0 N–H and O–H groups in total. The molecule has 2 amide bonds. The van der Waals surface area contributed by atoms with Crippen LogP contribution in [0.1, 0.15) is 47.6 Å². The largest absolute Gasteiger partial charge is 0.493 e. The zero-order valence-corrected chi connectivity index (χ0v) is 21.5. The average Bonchev–Trinajstić information content (AvgIpc) is 3.34. The smallest absolute Gasteiger partial charge is 0.254 e. The van der Waals surface area contributed by atoms with Gasteiger partial charge in [-0.05, 0) is 68.5 Å². The van der Waals surface area contributed by atoms with Gasteiger partial charge in [-0.25, -0.2) is 0 Å². The molecule has 184 valence electrons. The molecule has 4 rings (SSSR count). The van der Waals surface area contributed by atoms with Crippen molar-refractivity contribution >= 4 is 23.2 Å². The first-order chi connectivity index (χ1) is 16.8. The van der Waals surface area contributed by atoms with Crippen LogP contribution in [0.5, 0.6) is 11.5 Å². The predicted octanol–water partition coefficient (Wildman–Crippen LogP) is 5.20. The topological polar surface area (TPSA) is 59.1 Å². The number of rotatable bonds is 7. The third-order valence-electron chi connectivity index (χ3n) is 6.25. The van der Waals surface area contributed by atoms with Gasteiger partial charge in [0.15, 0.2) is 11.5 Å². The quantitative estimate of drug-likeness (QED) is 0.455. The fraction of sp³-hybridized carbons (Fsp3) is 0.357. The number of para-hydroxylation sites is 2. The van der Waals surface area contributed by atoms with Crippen molar-refractivity contribution in [2.75, 3.05) is 26.8 Å². The summed E-state index contributed by atoms with van der Waals surface area (Å²) in [5.41, 5.74) is 1.17. The summed E-state index contributed by atoms with van der Waals surface area (Å²) >= 11 is 1.71. The van der Waals surface area contributed by atoms with Gasteiger partial charge in [0.25, 0.3) is 5.91 Å². The van der Waals surface area contributed by atoms with E-state index in [-0.39, 0.29) is 24.4 Å². The lowest BCUT2D eigenvalue weighted by Crippen LogP contribution is -2.53. The fourth-order valence-corrected chi connectivity index (χ4v) is 5.29. The number of amides is 2. The first-order valence-electron chi connectivity index (χ1n) is 11.8. The summed E-state index contributed by atoms with van der Waals surface area (Å²) in [4.78, 5) is 31.9. The maximum Gasteiger partial charge on any atom is 0.254 e. The van der Waals surface area contributed by atoms with Crippen molar-refractivity contribution in [1.82, 2.24) is 9.80 Å². The minimum Gasteiger partial charge on any atom is -0.493 e. The number of methoxy groups -OCH3 is 1. The average molecular weight is 493 g/mol. The predicted molar refractivity (Wildman–Crippen MR) is 138 cm³/mol. The Kier molecular flexibility index (Phi) is 7.45. The third kappa shape index (κ3) is 5.51. The van der Waals surface area contributed by atoms with Gasteiger partial charge in [-0.15, -0.1) is 11.3 Å². The van der Waals surface area contributed by atoms with Crippen LogP contribution in [0.4, 0.5) is 0 Å². The molecule has 0 spiro atoms. The maximum absolute atomic E-state index is 13.7. The summed E-state index contributed by atoms with van der Waals surface area (Å²) < 4.78 is 11.6. The molecule has 0 radical (unpaired) electrons. The Labute approximate surface area is 211 Å². The molecule has 7 heteroatoms. The van der Waals surface area contributed by atoms with Crippen LogP contribution in [0.3, 0.4) is 0 Å². The molecule has 0 saturated carbocycles. The second kappa shape index (κ2) is 10.5. The van der Waals surface area contributed by atoms with Crippen molar-refractivity contribution in [2.45, 2.75) is 38.8 Å². The minimum absolute atomic E-state index is 0.00184. The Balaban J connectivity index is 1.57. The molecule has 0 fully saturated rings. The Bertz CT molecular complexity index is 1170. The number of ether oxygens (including phenoxy) is 2. The molecule has 0 bridgehead atoms. The highest BCUT2D eigenvalue weighted by molar-refractivity contribution is 7.10. The number of benzene rings is 2. The number of hydrogen-bond donors (Lipinski definition) is 0. The van der Waals surface area contributed by atoms with Crippen molar-refractivity contribution < 1.29 is 19.1 Å². The van der Waals surface area contributed by atoms with Crippen LogP contribution in [0.25, 0.3) is 0 Å². The number of carbonyl (C=O) groups excluding carboxylic acids is 2. The molecule has 6 nitrogen and oxygen atoms in total. The van der Waals surface area contributed by atoms with Crippen molar-refractivity contribution in [1.29, 1.82) is 0 Å². The molecule has 0 unspecified atom stereocenters. The van der Waals surface area contributed by atoms with Crippen LogP contribution in [-0.2, 0) is 11.2 Å². The zero-order valence-electron chi connectivity index (χ0n) is 20.7. The second-order valence-electron chi connectivity index (χ2n) is 9.54. The molecule has 1 aliphatic heterocycles. The van der Waals surface area contributed by atoms with Crippen LogP contribution in [0.15, 0.2) is 66.0 Å². The van der Waals surface area contributed by atoms with E-state index in [1.807, 2.05) is 68.1 Å². The molecule has 1 atom stereocenters. The minimum atomic E-state index is -0.519. The molecule has 2 aromatic carbocycles. The standard InChI is InChI=1S/C28H32N2O4S/c1-28(2,3)30(27(32)20-10-6-5-7-11-20)18-26(31)29-16-14-25-21(15-17-35-25)22(29)19-34-24-13-9-8-12-23(24)33-4/h5-13,15,17,22H,14,16,18-19H2,1-4H3/t22-/m0/s1. The summed E-state index contributed by atoms with van der Waals surface area (Å²) in [6.07, 6.45) is 0.798. The van der Waals surface area contributed by atoms with E-state index in [1.54, 1.807) is 35.5 Å². The van der Waals surface area contributed by atoms with Gasteiger partial charge in [0.2, 0.25) is 5.91 Å². The Hall–Kier alpha value is -3.32. The number of hydrogen-bond acceptors (Lipinski definition) is 5. The highest BCUT2D eigenvalue weighted by Gasteiger charge is 2.36. The van der Waals surface area contributed by atoms with Crippen LogP contribution in [0, 0.1) is 0 Å². The maximum atomic E-state index is 13.7.